The van der Waals surface area contributed by atoms with E-state index in [0.29, 0.717) is 11.8 Å². The zero-order valence-electron chi connectivity index (χ0n) is 12.2. The molecule has 0 amide bonds. The van der Waals surface area contributed by atoms with Crippen molar-refractivity contribution in [2.75, 3.05) is 19.7 Å². The number of ether oxygens (including phenoxy) is 1. The van der Waals surface area contributed by atoms with E-state index >= 15 is 0 Å². The van der Waals surface area contributed by atoms with Gasteiger partial charge in [0.1, 0.15) is 0 Å². The summed E-state index contributed by atoms with van der Waals surface area (Å²) in [6.45, 7) is 7.39. The molecule has 1 heterocycles. The van der Waals surface area contributed by atoms with Gasteiger partial charge < -0.3 is 10.1 Å². The molecule has 20 heavy (non-hydrogen) atoms. The van der Waals surface area contributed by atoms with Crippen LogP contribution in [-0.2, 0) is 4.74 Å². The van der Waals surface area contributed by atoms with Gasteiger partial charge in [0.05, 0.1) is 6.10 Å². The van der Waals surface area contributed by atoms with Crippen molar-refractivity contribution in [2.24, 2.45) is 11.8 Å². The number of rotatable bonds is 5. The summed E-state index contributed by atoms with van der Waals surface area (Å²) in [6.07, 6.45) is 2.52. The van der Waals surface area contributed by atoms with Crippen molar-refractivity contribution in [1.82, 2.24) is 5.32 Å². The van der Waals surface area contributed by atoms with Gasteiger partial charge in [-0.15, -0.1) is 0 Å². The zero-order chi connectivity index (χ0) is 14.5. The lowest BCUT2D eigenvalue weighted by Crippen LogP contribution is -2.33. The van der Waals surface area contributed by atoms with Crippen LogP contribution in [0.25, 0.3) is 0 Å². The van der Waals surface area contributed by atoms with Crippen LogP contribution in [0.4, 0.5) is 0 Å². The Bertz CT molecular complexity index is 438. The highest BCUT2D eigenvalue weighted by molar-refractivity contribution is 9.10. The van der Waals surface area contributed by atoms with Gasteiger partial charge in [0.15, 0.2) is 0 Å². The molecule has 2 rings (SSSR count). The summed E-state index contributed by atoms with van der Waals surface area (Å²) in [7, 11) is 0. The van der Waals surface area contributed by atoms with Crippen molar-refractivity contribution in [2.45, 2.75) is 32.8 Å². The SMILES string of the molecule is CC(C)CNCC1CCCOC1c1ccc(Cl)cc1Br. The summed E-state index contributed by atoms with van der Waals surface area (Å²) in [5, 5.41) is 4.32. The third-order valence-electron chi connectivity index (χ3n) is 3.67. The van der Waals surface area contributed by atoms with Gasteiger partial charge in [-0.25, -0.2) is 0 Å². The normalized spacial score (nSPS) is 23.2. The van der Waals surface area contributed by atoms with Crippen LogP contribution in [0.15, 0.2) is 22.7 Å². The highest BCUT2D eigenvalue weighted by Crippen LogP contribution is 2.37. The summed E-state index contributed by atoms with van der Waals surface area (Å²) >= 11 is 9.64. The van der Waals surface area contributed by atoms with Gasteiger partial charge in [0.25, 0.3) is 0 Å². The second-order valence-corrected chi connectivity index (χ2v) is 7.20. The highest BCUT2D eigenvalue weighted by Gasteiger charge is 2.28. The van der Waals surface area contributed by atoms with E-state index in [2.05, 4.69) is 41.2 Å². The van der Waals surface area contributed by atoms with Gasteiger partial charge in [-0.1, -0.05) is 47.4 Å². The Morgan fingerprint density at radius 2 is 2.25 bits per heavy atom. The van der Waals surface area contributed by atoms with Crippen molar-refractivity contribution in [3.05, 3.63) is 33.3 Å². The molecule has 2 nitrogen and oxygen atoms in total. The van der Waals surface area contributed by atoms with E-state index in [1.165, 1.54) is 12.0 Å². The molecule has 1 fully saturated rings. The van der Waals surface area contributed by atoms with E-state index in [-0.39, 0.29) is 6.10 Å². The molecule has 1 N–H and O–H groups in total. The minimum Gasteiger partial charge on any atom is -0.373 e. The number of nitrogens with one attached hydrogen (secondary N) is 1. The molecule has 1 aliphatic rings. The fourth-order valence-corrected chi connectivity index (χ4v) is 3.59. The molecule has 1 aromatic rings. The van der Waals surface area contributed by atoms with Crippen molar-refractivity contribution >= 4 is 27.5 Å². The number of halogens is 2. The topological polar surface area (TPSA) is 21.3 Å². The minimum atomic E-state index is 0.162. The Morgan fingerprint density at radius 1 is 1.45 bits per heavy atom. The molecule has 1 saturated heterocycles. The summed E-state index contributed by atoms with van der Waals surface area (Å²) in [6, 6.07) is 5.98. The van der Waals surface area contributed by atoms with E-state index < -0.39 is 0 Å². The summed E-state index contributed by atoms with van der Waals surface area (Å²) < 4.78 is 7.09. The van der Waals surface area contributed by atoms with Gasteiger partial charge in [-0.3, -0.25) is 0 Å². The van der Waals surface area contributed by atoms with Crippen molar-refractivity contribution in [3.8, 4) is 0 Å². The molecule has 112 valence electrons. The van der Waals surface area contributed by atoms with Crippen LogP contribution in [0.2, 0.25) is 5.02 Å². The molecule has 0 saturated carbocycles. The molecular weight excluding hydrogens is 338 g/mol. The lowest BCUT2D eigenvalue weighted by Gasteiger charge is -2.33. The molecule has 4 heteroatoms. The van der Waals surface area contributed by atoms with Crippen LogP contribution in [0, 0.1) is 11.8 Å². The Kier molecular flexibility index (Phi) is 6.34. The van der Waals surface area contributed by atoms with Crippen molar-refractivity contribution < 1.29 is 4.74 Å². The van der Waals surface area contributed by atoms with E-state index in [1.807, 2.05) is 12.1 Å². The van der Waals surface area contributed by atoms with Gasteiger partial charge >= 0.3 is 0 Å². The second-order valence-electron chi connectivity index (χ2n) is 5.91. The lowest BCUT2D eigenvalue weighted by molar-refractivity contribution is -0.0282. The molecule has 0 bridgehead atoms. The first-order chi connectivity index (χ1) is 9.58. The van der Waals surface area contributed by atoms with Gasteiger partial charge in [0.2, 0.25) is 0 Å². The predicted octanol–water partition coefficient (Wildman–Crippen LogP) is 4.82. The van der Waals surface area contributed by atoms with Gasteiger partial charge in [-0.05, 0) is 43.0 Å². The van der Waals surface area contributed by atoms with Crippen LogP contribution in [0.5, 0.6) is 0 Å². The summed E-state index contributed by atoms with van der Waals surface area (Å²) in [5.41, 5.74) is 1.21. The van der Waals surface area contributed by atoms with Gasteiger partial charge in [-0.2, -0.15) is 0 Å². The maximum absolute atomic E-state index is 6.04. The summed E-state index contributed by atoms with van der Waals surface area (Å²) in [4.78, 5) is 0. The molecule has 1 aromatic carbocycles. The average Bonchev–Trinajstić information content (AvgIpc) is 2.39. The van der Waals surface area contributed by atoms with Crippen LogP contribution in [0.1, 0.15) is 38.4 Å². The molecule has 2 atom stereocenters. The number of hydrogen-bond donors (Lipinski definition) is 1. The molecular formula is C16H23BrClNO. The monoisotopic (exact) mass is 359 g/mol. The fraction of sp³-hybridized carbons (Fsp3) is 0.625. The first kappa shape index (κ1) is 16.3. The Balaban J connectivity index is 2.06. The van der Waals surface area contributed by atoms with Crippen LogP contribution in [-0.4, -0.2) is 19.7 Å². The van der Waals surface area contributed by atoms with Crippen molar-refractivity contribution in [3.63, 3.8) is 0 Å². The smallest absolute Gasteiger partial charge is 0.0876 e. The maximum atomic E-state index is 6.04. The summed E-state index contributed by atoms with van der Waals surface area (Å²) in [5.74, 6) is 1.21. The van der Waals surface area contributed by atoms with E-state index in [0.717, 1.165) is 35.6 Å². The van der Waals surface area contributed by atoms with E-state index in [1.54, 1.807) is 0 Å². The zero-order valence-corrected chi connectivity index (χ0v) is 14.5. The quantitative estimate of drug-likeness (QED) is 0.813. The first-order valence-corrected chi connectivity index (χ1v) is 8.52. The van der Waals surface area contributed by atoms with Crippen LogP contribution >= 0.6 is 27.5 Å². The predicted molar refractivity (Wildman–Crippen MR) is 88.3 cm³/mol. The van der Waals surface area contributed by atoms with Crippen molar-refractivity contribution in [1.29, 1.82) is 0 Å². The maximum Gasteiger partial charge on any atom is 0.0876 e. The molecule has 1 aliphatic heterocycles. The lowest BCUT2D eigenvalue weighted by atomic mass is 9.89. The molecule has 0 aliphatic carbocycles. The highest BCUT2D eigenvalue weighted by atomic mass is 79.9. The third kappa shape index (κ3) is 4.45. The fourth-order valence-electron chi connectivity index (χ4n) is 2.69. The number of hydrogen-bond acceptors (Lipinski definition) is 2. The Labute approximate surface area is 135 Å². The Hall–Kier alpha value is -0.0900. The van der Waals surface area contributed by atoms with Crippen LogP contribution < -0.4 is 5.32 Å². The molecule has 0 aromatic heterocycles. The first-order valence-electron chi connectivity index (χ1n) is 7.35. The van der Waals surface area contributed by atoms with Gasteiger partial charge in [0, 0.05) is 28.6 Å². The molecule has 0 spiro atoms. The average molecular weight is 361 g/mol. The third-order valence-corrected chi connectivity index (χ3v) is 4.59. The number of benzene rings is 1. The van der Waals surface area contributed by atoms with E-state index in [4.69, 9.17) is 16.3 Å². The molecule has 2 unspecified atom stereocenters. The second kappa shape index (κ2) is 7.79. The largest absolute Gasteiger partial charge is 0.373 e. The van der Waals surface area contributed by atoms with Crippen LogP contribution in [0.3, 0.4) is 0 Å². The minimum absolute atomic E-state index is 0.162. The Morgan fingerprint density at radius 3 is 2.95 bits per heavy atom. The molecule has 0 radical (unpaired) electrons. The standard InChI is InChI=1S/C16H23BrClNO/c1-11(2)9-19-10-12-4-3-7-20-16(12)14-6-5-13(18)8-15(14)17/h5-6,8,11-12,16,19H,3-4,7,9-10H2,1-2H3. The van der Waals surface area contributed by atoms with E-state index in [9.17, 15) is 0 Å².